The first-order chi connectivity index (χ1) is 6.29. The van der Waals surface area contributed by atoms with Crippen LogP contribution in [0.1, 0.15) is 5.69 Å². The van der Waals surface area contributed by atoms with E-state index in [0.717, 1.165) is 6.21 Å². The molecule has 6 heteroatoms. The molecule has 2 heterocycles. The van der Waals surface area contributed by atoms with Crippen LogP contribution in [0.5, 0.6) is 5.88 Å². The van der Waals surface area contributed by atoms with Crippen molar-refractivity contribution in [3.05, 3.63) is 11.9 Å². The number of ether oxygens (including phenoxy) is 1. The lowest BCUT2D eigenvalue weighted by Crippen LogP contribution is -2.27. The fraction of sp³-hybridized carbons (Fsp3) is 0.143. The quantitative estimate of drug-likeness (QED) is 0.583. The SMILES string of the molecule is N=Cc1cnc2c(n1)NC(=O)CO2. The Morgan fingerprint density at radius 2 is 2.54 bits per heavy atom. The van der Waals surface area contributed by atoms with Gasteiger partial charge in [0.2, 0.25) is 0 Å². The molecule has 1 aliphatic rings. The molecule has 1 aliphatic heterocycles. The normalized spacial score (nSPS) is 14.0. The van der Waals surface area contributed by atoms with Gasteiger partial charge in [-0.3, -0.25) is 4.79 Å². The van der Waals surface area contributed by atoms with Crippen molar-refractivity contribution >= 4 is 17.9 Å². The zero-order chi connectivity index (χ0) is 9.26. The van der Waals surface area contributed by atoms with Crippen LogP contribution < -0.4 is 10.1 Å². The minimum atomic E-state index is -0.260. The summed E-state index contributed by atoms with van der Waals surface area (Å²) in [7, 11) is 0. The van der Waals surface area contributed by atoms with Crippen LogP contribution in [0.25, 0.3) is 0 Å². The fourth-order valence-corrected chi connectivity index (χ4v) is 0.950. The number of nitrogens with one attached hydrogen (secondary N) is 2. The van der Waals surface area contributed by atoms with E-state index in [1.54, 1.807) is 0 Å². The lowest BCUT2D eigenvalue weighted by atomic mass is 10.4. The van der Waals surface area contributed by atoms with Gasteiger partial charge in [-0.2, -0.15) is 0 Å². The number of hydrogen-bond acceptors (Lipinski definition) is 5. The van der Waals surface area contributed by atoms with E-state index in [-0.39, 0.29) is 18.3 Å². The van der Waals surface area contributed by atoms with E-state index in [4.69, 9.17) is 10.1 Å². The molecule has 0 saturated carbocycles. The molecule has 2 rings (SSSR count). The highest BCUT2D eigenvalue weighted by atomic mass is 16.5. The molecule has 2 N–H and O–H groups in total. The van der Waals surface area contributed by atoms with Crippen molar-refractivity contribution in [1.29, 1.82) is 5.41 Å². The smallest absolute Gasteiger partial charge is 0.263 e. The summed E-state index contributed by atoms with van der Waals surface area (Å²) >= 11 is 0. The predicted molar refractivity (Wildman–Crippen MR) is 44.0 cm³/mol. The molecule has 1 aromatic rings. The molecule has 6 nitrogen and oxygen atoms in total. The van der Waals surface area contributed by atoms with Gasteiger partial charge in [-0.15, -0.1) is 0 Å². The van der Waals surface area contributed by atoms with Gasteiger partial charge < -0.3 is 15.5 Å². The Bertz CT molecular complexity index is 377. The van der Waals surface area contributed by atoms with Crippen LogP contribution in [0.15, 0.2) is 6.20 Å². The number of anilines is 1. The van der Waals surface area contributed by atoms with Gasteiger partial charge in [-0.25, -0.2) is 9.97 Å². The Morgan fingerprint density at radius 3 is 3.31 bits per heavy atom. The van der Waals surface area contributed by atoms with Gasteiger partial charge in [-0.1, -0.05) is 0 Å². The van der Waals surface area contributed by atoms with Gasteiger partial charge in [0, 0.05) is 6.21 Å². The van der Waals surface area contributed by atoms with Gasteiger partial charge in [0.25, 0.3) is 11.8 Å². The van der Waals surface area contributed by atoms with Gasteiger partial charge >= 0.3 is 0 Å². The van der Waals surface area contributed by atoms with Gasteiger partial charge in [0.15, 0.2) is 12.4 Å². The molecule has 66 valence electrons. The Balaban J connectivity index is 2.43. The van der Waals surface area contributed by atoms with Crippen molar-refractivity contribution in [2.75, 3.05) is 11.9 Å². The summed E-state index contributed by atoms with van der Waals surface area (Å²) < 4.78 is 4.97. The molecule has 1 amide bonds. The standard InChI is InChI=1S/C7H6N4O2/c8-1-4-2-9-7-6(10-4)11-5(12)3-13-7/h1-2,8H,3H2,(H,10,11,12). The lowest BCUT2D eigenvalue weighted by Gasteiger charge is -2.15. The fourth-order valence-electron chi connectivity index (χ4n) is 0.950. The van der Waals surface area contributed by atoms with E-state index in [1.165, 1.54) is 6.20 Å². The van der Waals surface area contributed by atoms with Crippen LogP contribution in [-0.4, -0.2) is 28.7 Å². The highest BCUT2D eigenvalue weighted by Gasteiger charge is 2.18. The van der Waals surface area contributed by atoms with Crippen molar-refractivity contribution in [3.8, 4) is 5.88 Å². The molecular weight excluding hydrogens is 172 g/mol. The van der Waals surface area contributed by atoms with Crippen LogP contribution in [0, 0.1) is 5.41 Å². The summed E-state index contributed by atoms with van der Waals surface area (Å²) in [6, 6.07) is 0. The number of rotatable bonds is 1. The van der Waals surface area contributed by atoms with Gasteiger partial charge in [0.1, 0.15) is 5.69 Å². The average Bonchev–Trinajstić information content (AvgIpc) is 2.16. The average molecular weight is 178 g/mol. The third-order valence-electron chi connectivity index (χ3n) is 1.50. The molecule has 0 aromatic carbocycles. The van der Waals surface area contributed by atoms with Gasteiger partial charge in [0.05, 0.1) is 6.20 Å². The predicted octanol–water partition coefficient (Wildman–Crippen LogP) is -0.195. The lowest BCUT2D eigenvalue weighted by molar-refractivity contribution is -0.118. The number of carbonyl (C=O) groups excluding carboxylic acids is 1. The highest BCUT2D eigenvalue weighted by molar-refractivity contribution is 5.94. The first-order valence-corrected chi connectivity index (χ1v) is 3.60. The van der Waals surface area contributed by atoms with Crippen LogP contribution in [0.2, 0.25) is 0 Å². The van der Waals surface area contributed by atoms with E-state index in [9.17, 15) is 4.79 Å². The molecule has 0 atom stereocenters. The summed E-state index contributed by atoms with van der Waals surface area (Å²) in [5.74, 6) is 0.311. The van der Waals surface area contributed by atoms with Crippen LogP contribution in [-0.2, 0) is 4.79 Å². The zero-order valence-corrected chi connectivity index (χ0v) is 6.57. The first kappa shape index (κ1) is 7.66. The minimum absolute atomic E-state index is 0.0361. The summed E-state index contributed by atoms with van der Waals surface area (Å²) in [6.45, 7) is -0.0361. The Hall–Kier alpha value is -1.98. The number of fused-ring (bicyclic) bond motifs is 1. The Kier molecular flexibility index (Phi) is 1.66. The zero-order valence-electron chi connectivity index (χ0n) is 6.57. The molecule has 0 radical (unpaired) electrons. The Morgan fingerprint density at radius 1 is 1.69 bits per heavy atom. The summed E-state index contributed by atoms with van der Waals surface area (Å²) in [6.07, 6.45) is 2.46. The second kappa shape index (κ2) is 2.81. The maximum atomic E-state index is 10.9. The number of amides is 1. The number of hydrogen-bond donors (Lipinski definition) is 2. The van der Waals surface area contributed by atoms with E-state index in [1.807, 2.05) is 0 Å². The van der Waals surface area contributed by atoms with Crippen LogP contribution in [0.4, 0.5) is 5.82 Å². The summed E-state index contributed by atoms with van der Waals surface area (Å²) in [4.78, 5) is 18.7. The molecule has 0 unspecified atom stereocenters. The number of nitrogens with zero attached hydrogens (tertiary/aromatic N) is 2. The van der Waals surface area contributed by atoms with Crippen LogP contribution >= 0.6 is 0 Å². The molecule has 0 aliphatic carbocycles. The number of carbonyl (C=O) groups is 1. The summed E-state index contributed by atoms with van der Waals surface area (Å²) in [5.41, 5.74) is 0.379. The third kappa shape index (κ3) is 1.33. The molecule has 0 saturated heterocycles. The molecule has 13 heavy (non-hydrogen) atoms. The largest absolute Gasteiger partial charge is 0.465 e. The van der Waals surface area contributed by atoms with Gasteiger partial charge in [-0.05, 0) is 0 Å². The number of aromatic nitrogens is 2. The maximum absolute atomic E-state index is 10.9. The molecule has 0 bridgehead atoms. The molecular formula is C7H6N4O2. The van der Waals surface area contributed by atoms with E-state index >= 15 is 0 Å². The second-order valence-electron chi connectivity index (χ2n) is 2.43. The topological polar surface area (TPSA) is 88.0 Å². The van der Waals surface area contributed by atoms with Crippen LogP contribution in [0.3, 0.4) is 0 Å². The molecule has 1 aromatic heterocycles. The van der Waals surface area contributed by atoms with E-state index in [2.05, 4.69) is 15.3 Å². The second-order valence-corrected chi connectivity index (χ2v) is 2.43. The third-order valence-corrected chi connectivity index (χ3v) is 1.50. The molecule has 0 spiro atoms. The van der Waals surface area contributed by atoms with Crippen molar-refractivity contribution in [2.24, 2.45) is 0 Å². The molecule has 0 fully saturated rings. The first-order valence-electron chi connectivity index (χ1n) is 3.60. The minimum Gasteiger partial charge on any atom is -0.465 e. The van der Waals surface area contributed by atoms with Crippen molar-refractivity contribution in [2.45, 2.75) is 0 Å². The van der Waals surface area contributed by atoms with Crippen molar-refractivity contribution in [1.82, 2.24) is 9.97 Å². The Labute approximate surface area is 73.5 Å². The van der Waals surface area contributed by atoms with E-state index < -0.39 is 0 Å². The highest BCUT2D eigenvalue weighted by Crippen LogP contribution is 2.21. The van der Waals surface area contributed by atoms with Crippen molar-refractivity contribution in [3.63, 3.8) is 0 Å². The van der Waals surface area contributed by atoms with Crippen molar-refractivity contribution < 1.29 is 9.53 Å². The monoisotopic (exact) mass is 178 g/mol. The van der Waals surface area contributed by atoms with E-state index in [0.29, 0.717) is 11.6 Å². The summed E-state index contributed by atoms with van der Waals surface area (Å²) in [5, 5.41) is 9.42. The maximum Gasteiger partial charge on any atom is 0.263 e.